The molecule has 210 valence electrons. The van der Waals surface area contributed by atoms with Gasteiger partial charge in [0.1, 0.15) is 18.2 Å². The molecule has 1 aliphatic heterocycles. The molecule has 3 aromatic rings. The molecular formula is C34H33BrClN3O2. The van der Waals surface area contributed by atoms with E-state index < -0.39 is 5.92 Å². The zero-order valence-corrected chi connectivity index (χ0v) is 26.3. The van der Waals surface area contributed by atoms with Crippen molar-refractivity contribution in [2.75, 3.05) is 4.90 Å². The van der Waals surface area contributed by atoms with Crippen molar-refractivity contribution in [1.82, 2.24) is 0 Å². The summed E-state index contributed by atoms with van der Waals surface area (Å²) in [5.74, 6) is 0.547. The topological polar surface area (TPSA) is 79.3 Å². The predicted molar refractivity (Wildman–Crippen MR) is 168 cm³/mol. The second-order valence-electron chi connectivity index (χ2n) is 11.8. The number of aryl methyl sites for hydroxylation is 2. The van der Waals surface area contributed by atoms with Crippen molar-refractivity contribution in [3.8, 4) is 11.8 Å². The van der Waals surface area contributed by atoms with Gasteiger partial charge in [-0.15, -0.1) is 0 Å². The number of Topliss-reactive ketones (excluding diaryl/α,β-unsaturated/α-hetero) is 1. The molecule has 0 amide bonds. The zero-order valence-electron chi connectivity index (χ0n) is 23.9. The van der Waals surface area contributed by atoms with Crippen molar-refractivity contribution >= 4 is 39.0 Å². The molecule has 0 radical (unpaired) electrons. The lowest BCUT2D eigenvalue weighted by Crippen LogP contribution is -2.42. The third kappa shape index (κ3) is 5.41. The van der Waals surface area contributed by atoms with Gasteiger partial charge >= 0.3 is 0 Å². The largest absolute Gasteiger partial charge is 0.488 e. The van der Waals surface area contributed by atoms with Crippen LogP contribution in [0, 0.1) is 37.5 Å². The Bertz CT molecular complexity index is 1680. The molecule has 41 heavy (non-hydrogen) atoms. The van der Waals surface area contributed by atoms with Crippen molar-refractivity contribution in [2.24, 2.45) is 11.1 Å². The first kappa shape index (κ1) is 29.0. The number of hydrogen-bond donors (Lipinski definition) is 1. The predicted octanol–water partition coefficient (Wildman–Crippen LogP) is 8.55. The number of allylic oxidation sites excluding steroid dienone is 3. The number of rotatable bonds is 5. The van der Waals surface area contributed by atoms with E-state index in [1.807, 2.05) is 68.1 Å². The van der Waals surface area contributed by atoms with Crippen molar-refractivity contribution in [3.05, 3.63) is 115 Å². The van der Waals surface area contributed by atoms with Crippen LogP contribution in [0.3, 0.4) is 0 Å². The van der Waals surface area contributed by atoms with Crippen LogP contribution in [0.15, 0.2) is 81.7 Å². The number of nitriles is 1. The number of para-hydroxylation sites is 1. The number of carbonyl (C=O) groups excluding carboxylic acids is 1. The van der Waals surface area contributed by atoms with Crippen molar-refractivity contribution in [1.29, 1.82) is 5.26 Å². The Labute approximate surface area is 255 Å². The molecule has 2 N–H and O–H groups in total. The summed E-state index contributed by atoms with van der Waals surface area (Å²) in [6.45, 7) is 10.6. The minimum Gasteiger partial charge on any atom is -0.488 e. The summed E-state index contributed by atoms with van der Waals surface area (Å²) < 4.78 is 7.06. The van der Waals surface area contributed by atoms with Gasteiger partial charge in [-0.1, -0.05) is 61.3 Å². The smallest absolute Gasteiger partial charge is 0.162 e. The van der Waals surface area contributed by atoms with E-state index in [-0.39, 0.29) is 11.2 Å². The molecular weight excluding hydrogens is 598 g/mol. The average Bonchev–Trinajstić information content (AvgIpc) is 2.90. The van der Waals surface area contributed by atoms with Crippen LogP contribution in [0.25, 0.3) is 0 Å². The van der Waals surface area contributed by atoms with Gasteiger partial charge in [0.25, 0.3) is 0 Å². The van der Waals surface area contributed by atoms with Gasteiger partial charge in [-0.2, -0.15) is 5.26 Å². The molecule has 5 rings (SSSR count). The maximum Gasteiger partial charge on any atom is 0.162 e. The highest BCUT2D eigenvalue weighted by Crippen LogP contribution is 2.51. The number of ether oxygens (including phenoxy) is 1. The Hall–Kier alpha value is -3.53. The molecule has 0 saturated heterocycles. The van der Waals surface area contributed by atoms with Crippen molar-refractivity contribution in [2.45, 2.75) is 60.0 Å². The number of benzene rings is 3. The van der Waals surface area contributed by atoms with Gasteiger partial charge < -0.3 is 10.5 Å². The van der Waals surface area contributed by atoms with Gasteiger partial charge in [0.05, 0.1) is 27.7 Å². The Morgan fingerprint density at radius 1 is 1.12 bits per heavy atom. The SMILES string of the molecule is Cc1cc(COc2ccccc2Br)c(C)c(C2C(C#N)=C(N)N(c3cc(Cl)ccc3C)C3=C2C(=O)CC(C)(C)C3)c1. The highest BCUT2D eigenvalue weighted by atomic mass is 79.9. The van der Waals surface area contributed by atoms with Gasteiger partial charge in [0.15, 0.2) is 5.78 Å². The average molecular weight is 631 g/mol. The van der Waals surface area contributed by atoms with Gasteiger partial charge in [-0.3, -0.25) is 9.69 Å². The Kier molecular flexibility index (Phi) is 7.80. The Balaban J connectivity index is 1.70. The Morgan fingerprint density at radius 3 is 2.56 bits per heavy atom. The normalized spacial score (nSPS) is 18.3. The van der Waals surface area contributed by atoms with E-state index >= 15 is 0 Å². The number of nitrogens with two attached hydrogens (primary N) is 1. The van der Waals surface area contributed by atoms with Gasteiger partial charge in [0, 0.05) is 22.7 Å². The lowest BCUT2D eigenvalue weighted by molar-refractivity contribution is -0.118. The molecule has 0 spiro atoms. The van der Waals surface area contributed by atoms with E-state index in [4.69, 9.17) is 22.1 Å². The van der Waals surface area contributed by atoms with Gasteiger partial charge in [-0.05, 0) is 95.1 Å². The molecule has 0 aromatic heterocycles. The Morgan fingerprint density at radius 2 is 1.85 bits per heavy atom. The van der Waals surface area contributed by atoms with E-state index in [1.165, 1.54) is 0 Å². The summed E-state index contributed by atoms with van der Waals surface area (Å²) in [5, 5.41) is 11.1. The van der Waals surface area contributed by atoms with Crippen molar-refractivity contribution < 1.29 is 9.53 Å². The standard InChI is InChI=1S/C34H33BrClN3O2/c1-19-12-22(18-41-30-9-7-6-8-26(30)35)21(3)24(13-19)31-25(17-37)33(38)39(27-14-23(36)11-10-20(27)2)28-15-34(4,5)16-29(40)32(28)31/h6-14,31H,15-16,18,38H2,1-5H3. The van der Waals surface area contributed by atoms with E-state index in [2.05, 4.69) is 48.0 Å². The van der Waals surface area contributed by atoms with Gasteiger partial charge in [-0.25, -0.2) is 0 Å². The fourth-order valence-electron chi connectivity index (χ4n) is 6.05. The van der Waals surface area contributed by atoms with Crippen LogP contribution >= 0.6 is 27.5 Å². The summed E-state index contributed by atoms with van der Waals surface area (Å²) in [6.07, 6.45) is 1.03. The minimum atomic E-state index is -0.573. The van der Waals surface area contributed by atoms with Crippen LogP contribution in [-0.4, -0.2) is 5.78 Å². The van der Waals surface area contributed by atoms with Crippen LogP contribution in [-0.2, 0) is 11.4 Å². The van der Waals surface area contributed by atoms with E-state index in [0.717, 1.165) is 49.4 Å². The molecule has 0 bridgehead atoms. The molecule has 1 heterocycles. The summed E-state index contributed by atoms with van der Waals surface area (Å²) in [5.41, 5.74) is 14.1. The third-order valence-corrected chi connectivity index (χ3v) is 8.91. The maximum atomic E-state index is 14.0. The highest BCUT2D eigenvalue weighted by molar-refractivity contribution is 9.10. The molecule has 0 fully saturated rings. The molecule has 0 saturated carbocycles. The van der Waals surface area contributed by atoms with E-state index in [9.17, 15) is 10.1 Å². The number of carbonyl (C=O) groups is 1. The highest BCUT2D eigenvalue weighted by Gasteiger charge is 2.45. The number of anilines is 1. The lowest BCUT2D eigenvalue weighted by Gasteiger charge is -2.44. The third-order valence-electron chi connectivity index (χ3n) is 8.02. The van der Waals surface area contributed by atoms with Crippen LogP contribution in [0.4, 0.5) is 5.69 Å². The number of hydrogen-bond acceptors (Lipinski definition) is 5. The first-order valence-corrected chi connectivity index (χ1v) is 14.8. The molecule has 1 unspecified atom stereocenters. The summed E-state index contributed by atoms with van der Waals surface area (Å²) in [6, 6.07) is 19.9. The maximum absolute atomic E-state index is 14.0. The summed E-state index contributed by atoms with van der Waals surface area (Å²) in [4.78, 5) is 15.9. The van der Waals surface area contributed by atoms with Crippen LogP contribution in [0.1, 0.15) is 60.4 Å². The number of ketones is 1. The van der Waals surface area contributed by atoms with E-state index in [1.54, 1.807) is 0 Å². The molecule has 7 heteroatoms. The quantitative estimate of drug-likeness (QED) is 0.306. The van der Waals surface area contributed by atoms with Crippen LogP contribution in [0.2, 0.25) is 5.02 Å². The zero-order chi connectivity index (χ0) is 29.6. The molecule has 5 nitrogen and oxygen atoms in total. The number of halogens is 2. The molecule has 3 aromatic carbocycles. The fraction of sp³-hybridized carbons (Fsp3) is 0.294. The minimum absolute atomic E-state index is 0.0399. The molecule has 2 aliphatic rings. The summed E-state index contributed by atoms with van der Waals surface area (Å²) >= 11 is 9.99. The fourth-order valence-corrected chi connectivity index (χ4v) is 6.61. The first-order chi connectivity index (χ1) is 19.4. The molecule has 1 atom stereocenters. The molecule has 1 aliphatic carbocycles. The number of nitrogens with zero attached hydrogens (tertiary/aromatic N) is 2. The van der Waals surface area contributed by atoms with Crippen LogP contribution < -0.4 is 15.4 Å². The van der Waals surface area contributed by atoms with E-state index in [0.29, 0.717) is 41.4 Å². The lowest BCUT2D eigenvalue weighted by atomic mass is 9.67. The second kappa shape index (κ2) is 11.0. The summed E-state index contributed by atoms with van der Waals surface area (Å²) in [7, 11) is 0. The van der Waals surface area contributed by atoms with Crippen molar-refractivity contribution in [3.63, 3.8) is 0 Å². The first-order valence-electron chi connectivity index (χ1n) is 13.6. The monoisotopic (exact) mass is 629 g/mol. The van der Waals surface area contributed by atoms with Crippen LogP contribution in [0.5, 0.6) is 5.75 Å². The second-order valence-corrected chi connectivity index (χ2v) is 13.1. The van der Waals surface area contributed by atoms with Gasteiger partial charge in [0.2, 0.25) is 0 Å².